The van der Waals surface area contributed by atoms with Crippen LogP contribution in [0.15, 0.2) is 0 Å². The second kappa shape index (κ2) is 4.12. The molecule has 1 amide bonds. The summed E-state index contributed by atoms with van der Waals surface area (Å²) in [5.41, 5.74) is -2.69. The van der Waals surface area contributed by atoms with Crippen LogP contribution in [0.1, 0.15) is 27.2 Å². The zero-order valence-corrected chi connectivity index (χ0v) is 9.79. The fourth-order valence-electron chi connectivity index (χ4n) is 1.52. The van der Waals surface area contributed by atoms with E-state index in [0.717, 1.165) is 0 Å². The van der Waals surface area contributed by atoms with Crippen LogP contribution < -0.4 is 5.32 Å². The average molecular weight is 251 g/mol. The first-order chi connectivity index (χ1) is 7.58. The number of carboxylic acids is 1. The Morgan fingerprint density at radius 2 is 2.00 bits per heavy atom. The van der Waals surface area contributed by atoms with E-state index in [2.05, 4.69) is 0 Å². The third-order valence-corrected chi connectivity index (χ3v) is 2.42. The van der Waals surface area contributed by atoms with Crippen molar-refractivity contribution in [2.24, 2.45) is 5.92 Å². The SMILES string of the molecule is CC(C)(C)OC(=O)N[C@@]1(C(=O)O)C[C@@H]1C(F)F. The Hall–Kier alpha value is -1.40. The Morgan fingerprint density at radius 1 is 1.47 bits per heavy atom. The number of alkyl halides is 2. The maximum atomic E-state index is 12.4. The molecule has 0 heterocycles. The van der Waals surface area contributed by atoms with E-state index in [1.807, 2.05) is 5.32 Å². The van der Waals surface area contributed by atoms with Crippen LogP contribution >= 0.6 is 0 Å². The van der Waals surface area contributed by atoms with E-state index >= 15 is 0 Å². The fraction of sp³-hybridized carbons (Fsp3) is 0.800. The summed E-state index contributed by atoms with van der Waals surface area (Å²) in [6.07, 6.45) is -4.05. The van der Waals surface area contributed by atoms with E-state index in [0.29, 0.717) is 0 Å². The minimum absolute atomic E-state index is 0.279. The van der Waals surface area contributed by atoms with Gasteiger partial charge in [-0.3, -0.25) is 0 Å². The number of halogens is 2. The topological polar surface area (TPSA) is 75.6 Å². The monoisotopic (exact) mass is 251 g/mol. The van der Waals surface area contributed by atoms with Gasteiger partial charge in [0.15, 0.2) is 0 Å². The molecule has 5 nitrogen and oxygen atoms in total. The van der Waals surface area contributed by atoms with Crippen LogP contribution in [0.5, 0.6) is 0 Å². The molecule has 0 aromatic rings. The van der Waals surface area contributed by atoms with Crippen molar-refractivity contribution < 1.29 is 28.2 Å². The van der Waals surface area contributed by atoms with E-state index in [4.69, 9.17) is 9.84 Å². The van der Waals surface area contributed by atoms with Gasteiger partial charge < -0.3 is 15.2 Å². The highest BCUT2D eigenvalue weighted by atomic mass is 19.3. The number of nitrogens with one attached hydrogen (secondary N) is 1. The normalized spacial score (nSPS) is 27.8. The molecule has 0 saturated heterocycles. The molecule has 7 heteroatoms. The Bertz CT molecular complexity index is 340. The number of alkyl carbamates (subject to hydrolysis) is 1. The van der Waals surface area contributed by atoms with Gasteiger partial charge in [-0.15, -0.1) is 0 Å². The first kappa shape index (κ1) is 13.7. The molecular formula is C10H15F2NO4. The predicted octanol–water partition coefficient (Wildman–Crippen LogP) is 1.62. The van der Waals surface area contributed by atoms with Crippen molar-refractivity contribution in [1.82, 2.24) is 5.32 Å². The summed E-state index contributed by atoms with van der Waals surface area (Å²) in [6.45, 7) is 4.78. The molecular weight excluding hydrogens is 236 g/mol. The van der Waals surface area contributed by atoms with Crippen LogP contribution in [0, 0.1) is 5.92 Å². The molecule has 17 heavy (non-hydrogen) atoms. The molecule has 0 aromatic carbocycles. The second-order valence-electron chi connectivity index (χ2n) is 5.05. The lowest BCUT2D eigenvalue weighted by Gasteiger charge is -2.22. The second-order valence-corrected chi connectivity index (χ2v) is 5.05. The van der Waals surface area contributed by atoms with Crippen molar-refractivity contribution in [3.05, 3.63) is 0 Å². The van der Waals surface area contributed by atoms with Crippen LogP contribution in [0.4, 0.5) is 13.6 Å². The van der Waals surface area contributed by atoms with Gasteiger partial charge in [-0.1, -0.05) is 0 Å². The van der Waals surface area contributed by atoms with E-state index < -0.39 is 35.5 Å². The highest BCUT2D eigenvalue weighted by molar-refractivity contribution is 5.88. The molecule has 0 radical (unpaired) electrons. The van der Waals surface area contributed by atoms with Gasteiger partial charge in [-0.2, -0.15) is 0 Å². The smallest absolute Gasteiger partial charge is 0.408 e. The van der Waals surface area contributed by atoms with Crippen LogP contribution in [0.25, 0.3) is 0 Å². The summed E-state index contributed by atoms with van der Waals surface area (Å²) in [5.74, 6) is -2.82. The largest absolute Gasteiger partial charge is 0.479 e. The van der Waals surface area contributed by atoms with E-state index in [1.165, 1.54) is 0 Å². The summed E-state index contributed by atoms with van der Waals surface area (Å²) in [5, 5.41) is 10.9. The number of amides is 1. The lowest BCUT2D eigenvalue weighted by molar-refractivity contribution is -0.142. The standard InChI is InChI=1S/C10H15F2NO4/c1-9(2,3)17-8(16)13-10(7(14)15)4-5(10)6(11)12/h5-6H,4H2,1-3H3,(H,13,16)(H,14,15)/t5-,10+/m1/s1. The molecule has 1 saturated carbocycles. The van der Waals surface area contributed by atoms with Crippen LogP contribution in [-0.2, 0) is 9.53 Å². The summed E-state index contributed by atoms with van der Waals surface area (Å²) < 4.78 is 29.6. The number of hydrogen-bond acceptors (Lipinski definition) is 3. The molecule has 98 valence electrons. The van der Waals surface area contributed by atoms with E-state index in [9.17, 15) is 18.4 Å². The first-order valence-electron chi connectivity index (χ1n) is 5.11. The Balaban J connectivity index is 2.66. The van der Waals surface area contributed by atoms with Gasteiger partial charge in [0, 0.05) is 0 Å². The number of carbonyl (C=O) groups excluding carboxylic acids is 1. The Morgan fingerprint density at radius 3 is 2.29 bits per heavy atom. The van der Waals surface area contributed by atoms with Crippen LogP contribution in [0.3, 0.4) is 0 Å². The summed E-state index contributed by atoms with van der Waals surface area (Å²) in [4.78, 5) is 22.2. The average Bonchev–Trinajstić information content (AvgIpc) is 2.76. The quantitative estimate of drug-likeness (QED) is 0.799. The van der Waals surface area contributed by atoms with Crippen LogP contribution in [-0.4, -0.2) is 34.7 Å². The lowest BCUT2D eigenvalue weighted by atomic mass is 10.2. The van der Waals surface area contributed by atoms with Gasteiger partial charge in [-0.05, 0) is 27.2 Å². The number of rotatable bonds is 3. The molecule has 2 N–H and O–H groups in total. The molecule has 2 atom stereocenters. The molecule has 1 fully saturated rings. The number of aliphatic carboxylic acids is 1. The number of hydrogen-bond donors (Lipinski definition) is 2. The maximum absolute atomic E-state index is 12.4. The zero-order valence-electron chi connectivity index (χ0n) is 9.79. The van der Waals surface area contributed by atoms with Gasteiger partial charge in [0.1, 0.15) is 11.1 Å². The summed E-state index contributed by atoms with van der Waals surface area (Å²) in [7, 11) is 0. The summed E-state index contributed by atoms with van der Waals surface area (Å²) >= 11 is 0. The van der Waals surface area contributed by atoms with Crippen molar-refractivity contribution in [3.8, 4) is 0 Å². The van der Waals surface area contributed by atoms with Crippen molar-refractivity contribution >= 4 is 12.1 Å². The van der Waals surface area contributed by atoms with Crippen molar-refractivity contribution in [3.63, 3.8) is 0 Å². The maximum Gasteiger partial charge on any atom is 0.408 e. The molecule has 1 aliphatic carbocycles. The lowest BCUT2D eigenvalue weighted by Crippen LogP contribution is -2.47. The van der Waals surface area contributed by atoms with Crippen LogP contribution in [0.2, 0.25) is 0 Å². The van der Waals surface area contributed by atoms with Gasteiger partial charge in [0.2, 0.25) is 6.43 Å². The van der Waals surface area contributed by atoms with Gasteiger partial charge in [0.05, 0.1) is 5.92 Å². The predicted molar refractivity (Wildman–Crippen MR) is 53.8 cm³/mol. The molecule has 0 aromatic heterocycles. The molecule has 0 bridgehead atoms. The third-order valence-electron chi connectivity index (χ3n) is 2.42. The highest BCUT2D eigenvalue weighted by Gasteiger charge is 2.66. The molecule has 0 aliphatic heterocycles. The number of carbonyl (C=O) groups is 2. The number of carboxylic acid groups (broad SMARTS) is 1. The van der Waals surface area contributed by atoms with Crippen molar-refractivity contribution in [2.75, 3.05) is 0 Å². The number of ether oxygens (including phenoxy) is 1. The van der Waals surface area contributed by atoms with Gasteiger partial charge in [-0.25, -0.2) is 18.4 Å². The molecule has 1 rings (SSSR count). The molecule has 1 aliphatic rings. The molecule has 0 unspecified atom stereocenters. The zero-order chi connectivity index (χ0) is 13.4. The van der Waals surface area contributed by atoms with Crippen molar-refractivity contribution in [1.29, 1.82) is 0 Å². The Kier molecular flexibility index (Phi) is 3.31. The molecule has 0 spiro atoms. The van der Waals surface area contributed by atoms with E-state index in [-0.39, 0.29) is 6.42 Å². The minimum Gasteiger partial charge on any atom is -0.479 e. The minimum atomic E-state index is -2.78. The first-order valence-corrected chi connectivity index (χ1v) is 5.11. The van der Waals surface area contributed by atoms with Gasteiger partial charge >= 0.3 is 12.1 Å². The highest BCUT2D eigenvalue weighted by Crippen LogP contribution is 2.47. The Labute approximate surface area is 97.1 Å². The third kappa shape index (κ3) is 3.04. The van der Waals surface area contributed by atoms with Gasteiger partial charge in [0.25, 0.3) is 0 Å². The fourth-order valence-corrected chi connectivity index (χ4v) is 1.52. The summed E-state index contributed by atoms with van der Waals surface area (Å²) in [6, 6.07) is 0. The van der Waals surface area contributed by atoms with Crippen molar-refractivity contribution in [2.45, 2.75) is 44.8 Å². The van der Waals surface area contributed by atoms with E-state index in [1.54, 1.807) is 20.8 Å².